The molecule has 1 unspecified atom stereocenters. The van der Waals surface area contributed by atoms with Crippen molar-refractivity contribution in [2.24, 2.45) is 10.9 Å². The smallest absolute Gasteiger partial charge is 0.180 e. The zero-order valence-electron chi connectivity index (χ0n) is 8.22. The standard InChI is InChI=1S/C7H13NO.C2H6/c1-5(2)7-4-9-6(3)8-7;1-2/h5,7H,4H2,1-3H3;1-2H3. The molecular formula is C9H19NO. The maximum Gasteiger partial charge on any atom is 0.180 e. The Morgan fingerprint density at radius 3 is 2.18 bits per heavy atom. The van der Waals surface area contributed by atoms with Crippen LogP contribution in [0.4, 0.5) is 0 Å². The molecule has 0 bridgehead atoms. The van der Waals surface area contributed by atoms with E-state index in [0.717, 1.165) is 12.5 Å². The zero-order chi connectivity index (χ0) is 8.85. The van der Waals surface area contributed by atoms with Crippen LogP contribution in [0.15, 0.2) is 4.99 Å². The van der Waals surface area contributed by atoms with Crippen LogP contribution in [-0.4, -0.2) is 18.5 Å². The molecule has 0 aromatic rings. The summed E-state index contributed by atoms with van der Waals surface area (Å²) in [5.74, 6) is 1.45. The summed E-state index contributed by atoms with van der Waals surface area (Å²) in [6.07, 6.45) is 0. The average Bonchev–Trinajstić information content (AvgIpc) is 2.40. The average molecular weight is 157 g/mol. The number of hydrogen-bond donors (Lipinski definition) is 0. The van der Waals surface area contributed by atoms with Crippen molar-refractivity contribution in [2.75, 3.05) is 6.61 Å². The van der Waals surface area contributed by atoms with E-state index in [2.05, 4.69) is 18.8 Å². The summed E-state index contributed by atoms with van der Waals surface area (Å²) in [7, 11) is 0. The molecule has 0 fully saturated rings. The van der Waals surface area contributed by atoms with Crippen LogP contribution in [0.3, 0.4) is 0 Å². The summed E-state index contributed by atoms with van der Waals surface area (Å²) in [5, 5.41) is 0. The highest BCUT2D eigenvalue weighted by atomic mass is 16.5. The SMILES string of the molecule is CC.CC1=NC(C(C)C)CO1. The monoisotopic (exact) mass is 157 g/mol. The molecule has 66 valence electrons. The summed E-state index contributed by atoms with van der Waals surface area (Å²) in [5.41, 5.74) is 0. The maximum atomic E-state index is 5.18. The Labute approximate surface area is 69.7 Å². The van der Waals surface area contributed by atoms with Gasteiger partial charge in [0.15, 0.2) is 5.90 Å². The first-order valence-corrected chi connectivity index (χ1v) is 4.37. The Balaban J connectivity index is 0.000000461. The van der Waals surface area contributed by atoms with E-state index >= 15 is 0 Å². The molecule has 1 aliphatic heterocycles. The Morgan fingerprint density at radius 1 is 1.45 bits per heavy atom. The molecule has 1 rings (SSSR count). The van der Waals surface area contributed by atoms with Gasteiger partial charge >= 0.3 is 0 Å². The minimum Gasteiger partial charge on any atom is -0.479 e. The molecule has 0 spiro atoms. The molecule has 0 amide bonds. The van der Waals surface area contributed by atoms with Gasteiger partial charge in [-0.15, -0.1) is 0 Å². The highest BCUT2D eigenvalue weighted by molar-refractivity contribution is 5.74. The third-order valence-corrected chi connectivity index (χ3v) is 1.58. The third kappa shape index (κ3) is 3.40. The fourth-order valence-corrected chi connectivity index (χ4v) is 0.856. The van der Waals surface area contributed by atoms with Crippen molar-refractivity contribution < 1.29 is 4.74 Å². The Kier molecular flexibility index (Phi) is 4.92. The number of rotatable bonds is 1. The Morgan fingerprint density at radius 2 is 2.00 bits per heavy atom. The minimum atomic E-state index is 0.407. The topological polar surface area (TPSA) is 21.6 Å². The Hall–Kier alpha value is -0.530. The van der Waals surface area contributed by atoms with E-state index in [1.165, 1.54) is 0 Å². The van der Waals surface area contributed by atoms with E-state index in [0.29, 0.717) is 12.0 Å². The lowest BCUT2D eigenvalue weighted by molar-refractivity contribution is 0.289. The van der Waals surface area contributed by atoms with Crippen LogP contribution in [0.25, 0.3) is 0 Å². The van der Waals surface area contributed by atoms with E-state index < -0.39 is 0 Å². The highest BCUT2D eigenvalue weighted by Crippen LogP contribution is 2.12. The number of hydrogen-bond acceptors (Lipinski definition) is 2. The number of ether oxygens (including phenoxy) is 1. The van der Waals surface area contributed by atoms with Crippen molar-refractivity contribution in [1.82, 2.24) is 0 Å². The number of aliphatic imine (C=N–C) groups is 1. The summed E-state index contributed by atoms with van der Waals surface area (Å²) in [6.45, 7) is 11.0. The second-order valence-electron chi connectivity index (χ2n) is 2.77. The largest absolute Gasteiger partial charge is 0.479 e. The van der Waals surface area contributed by atoms with E-state index in [1.807, 2.05) is 20.8 Å². The van der Waals surface area contributed by atoms with Crippen LogP contribution >= 0.6 is 0 Å². The maximum absolute atomic E-state index is 5.18. The van der Waals surface area contributed by atoms with E-state index in [1.54, 1.807) is 0 Å². The van der Waals surface area contributed by atoms with Gasteiger partial charge < -0.3 is 4.74 Å². The van der Waals surface area contributed by atoms with Crippen molar-refractivity contribution in [2.45, 2.75) is 40.7 Å². The molecule has 0 N–H and O–H groups in total. The first-order chi connectivity index (χ1) is 5.20. The van der Waals surface area contributed by atoms with Crippen LogP contribution in [0.5, 0.6) is 0 Å². The summed E-state index contributed by atoms with van der Waals surface area (Å²) in [4.78, 5) is 4.28. The van der Waals surface area contributed by atoms with Gasteiger partial charge in [0, 0.05) is 6.92 Å². The normalized spacial score (nSPS) is 22.0. The van der Waals surface area contributed by atoms with Crippen LogP contribution in [0.2, 0.25) is 0 Å². The predicted octanol–water partition coefficient (Wildman–Crippen LogP) is 2.49. The van der Waals surface area contributed by atoms with Gasteiger partial charge in [0.05, 0.1) is 6.04 Å². The van der Waals surface area contributed by atoms with Gasteiger partial charge in [0.1, 0.15) is 6.61 Å². The quantitative estimate of drug-likeness (QED) is 0.573. The first kappa shape index (κ1) is 10.5. The van der Waals surface area contributed by atoms with Crippen LogP contribution in [-0.2, 0) is 4.74 Å². The molecule has 2 nitrogen and oxygen atoms in total. The van der Waals surface area contributed by atoms with Crippen LogP contribution in [0, 0.1) is 5.92 Å². The number of nitrogens with zero attached hydrogens (tertiary/aromatic N) is 1. The van der Waals surface area contributed by atoms with E-state index in [9.17, 15) is 0 Å². The third-order valence-electron chi connectivity index (χ3n) is 1.58. The van der Waals surface area contributed by atoms with Crippen molar-refractivity contribution in [1.29, 1.82) is 0 Å². The van der Waals surface area contributed by atoms with Crippen molar-refractivity contribution in [3.8, 4) is 0 Å². The molecule has 11 heavy (non-hydrogen) atoms. The first-order valence-electron chi connectivity index (χ1n) is 4.37. The van der Waals surface area contributed by atoms with Gasteiger partial charge in [0.2, 0.25) is 0 Å². The van der Waals surface area contributed by atoms with Crippen LogP contribution < -0.4 is 0 Å². The van der Waals surface area contributed by atoms with Crippen molar-refractivity contribution in [3.63, 3.8) is 0 Å². The fourth-order valence-electron chi connectivity index (χ4n) is 0.856. The van der Waals surface area contributed by atoms with E-state index in [-0.39, 0.29) is 0 Å². The van der Waals surface area contributed by atoms with Crippen molar-refractivity contribution >= 4 is 5.90 Å². The minimum absolute atomic E-state index is 0.407. The predicted molar refractivity (Wildman–Crippen MR) is 49.0 cm³/mol. The molecule has 2 heteroatoms. The zero-order valence-corrected chi connectivity index (χ0v) is 8.22. The molecule has 0 saturated carbocycles. The lowest BCUT2D eigenvalue weighted by Gasteiger charge is -2.06. The summed E-state index contributed by atoms with van der Waals surface area (Å²) >= 11 is 0. The van der Waals surface area contributed by atoms with Gasteiger partial charge in [-0.1, -0.05) is 27.7 Å². The lowest BCUT2D eigenvalue weighted by atomic mass is 10.1. The molecule has 1 heterocycles. The van der Waals surface area contributed by atoms with Crippen LogP contribution in [0.1, 0.15) is 34.6 Å². The van der Waals surface area contributed by atoms with Gasteiger partial charge in [0.25, 0.3) is 0 Å². The molecule has 0 radical (unpaired) electrons. The molecule has 0 aromatic carbocycles. The van der Waals surface area contributed by atoms with E-state index in [4.69, 9.17) is 4.74 Å². The molecule has 0 aliphatic carbocycles. The molecule has 1 aliphatic rings. The van der Waals surface area contributed by atoms with Gasteiger partial charge in [-0.2, -0.15) is 0 Å². The van der Waals surface area contributed by atoms with Gasteiger partial charge in [-0.3, -0.25) is 0 Å². The van der Waals surface area contributed by atoms with Crippen molar-refractivity contribution in [3.05, 3.63) is 0 Å². The molecular weight excluding hydrogens is 138 g/mol. The summed E-state index contributed by atoms with van der Waals surface area (Å²) < 4.78 is 5.18. The van der Waals surface area contributed by atoms with Gasteiger partial charge in [-0.05, 0) is 5.92 Å². The molecule has 0 aromatic heterocycles. The van der Waals surface area contributed by atoms with Gasteiger partial charge in [-0.25, -0.2) is 4.99 Å². The second-order valence-corrected chi connectivity index (χ2v) is 2.77. The fraction of sp³-hybridized carbons (Fsp3) is 0.889. The summed E-state index contributed by atoms with van der Waals surface area (Å²) in [6, 6.07) is 0.407. The highest BCUT2D eigenvalue weighted by Gasteiger charge is 2.18. The molecule has 0 saturated heterocycles. The molecule has 1 atom stereocenters. The lowest BCUT2D eigenvalue weighted by Crippen LogP contribution is -2.13. The second kappa shape index (κ2) is 5.16. The Bertz CT molecular complexity index is 130.